The monoisotopic (exact) mass is 355 g/mol. The lowest BCUT2D eigenvalue weighted by Crippen LogP contribution is -2.39. The molecule has 0 radical (unpaired) electrons. The molecule has 0 aliphatic heterocycles. The summed E-state index contributed by atoms with van der Waals surface area (Å²) in [5.41, 5.74) is 1.35. The van der Waals surface area contributed by atoms with Crippen LogP contribution >= 0.6 is 11.3 Å². The van der Waals surface area contributed by atoms with Gasteiger partial charge < -0.3 is 10.3 Å². The maximum absolute atomic E-state index is 12.6. The molecule has 0 aliphatic carbocycles. The van der Waals surface area contributed by atoms with E-state index in [1.807, 2.05) is 43.5 Å². The van der Waals surface area contributed by atoms with Gasteiger partial charge in [0, 0.05) is 16.8 Å². The number of amides is 1. The van der Waals surface area contributed by atoms with Crippen molar-refractivity contribution in [1.29, 1.82) is 0 Å². The van der Waals surface area contributed by atoms with Crippen LogP contribution in [0.2, 0.25) is 0 Å². The highest BCUT2D eigenvalue weighted by atomic mass is 32.1. The third-order valence-electron chi connectivity index (χ3n) is 4.05. The van der Waals surface area contributed by atoms with Crippen LogP contribution in [-0.4, -0.2) is 15.5 Å². The van der Waals surface area contributed by atoms with E-state index >= 15 is 0 Å². The highest BCUT2D eigenvalue weighted by Gasteiger charge is 2.16. The van der Waals surface area contributed by atoms with Gasteiger partial charge in [-0.1, -0.05) is 18.2 Å². The van der Waals surface area contributed by atoms with Crippen molar-refractivity contribution in [1.82, 2.24) is 9.55 Å². The van der Waals surface area contributed by atoms with E-state index in [0.29, 0.717) is 5.69 Å². The maximum atomic E-state index is 12.6. The first-order valence-corrected chi connectivity index (χ1v) is 8.58. The molecule has 128 valence electrons. The zero-order chi connectivity index (χ0) is 18.0. The van der Waals surface area contributed by atoms with Crippen LogP contribution in [0.1, 0.15) is 26.4 Å². The SMILES string of the molecule is Cc1cccc(NC(=O)c2c[nH]c(=O)n(Cc3cccs3)c2=O)c1C. The van der Waals surface area contributed by atoms with E-state index < -0.39 is 17.2 Å². The Morgan fingerprint density at radius 3 is 2.72 bits per heavy atom. The Labute approximate surface area is 147 Å². The molecule has 0 fully saturated rings. The molecule has 0 unspecified atom stereocenters. The van der Waals surface area contributed by atoms with Crippen molar-refractivity contribution in [2.45, 2.75) is 20.4 Å². The van der Waals surface area contributed by atoms with Gasteiger partial charge in [0.1, 0.15) is 5.56 Å². The number of aromatic nitrogens is 2. The van der Waals surface area contributed by atoms with Crippen LogP contribution in [0, 0.1) is 13.8 Å². The predicted octanol–water partition coefficient (Wildman–Crippen LogP) is 2.52. The molecule has 6 nitrogen and oxygen atoms in total. The first-order chi connectivity index (χ1) is 12.0. The minimum atomic E-state index is -0.611. The Balaban J connectivity index is 1.94. The smallest absolute Gasteiger partial charge is 0.322 e. The number of carbonyl (C=O) groups excluding carboxylic acids is 1. The fraction of sp³-hybridized carbons (Fsp3) is 0.167. The van der Waals surface area contributed by atoms with Crippen LogP contribution in [0.5, 0.6) is 0 Å². The van der Waals surface area contributed by atoms with Crippen LogP contribution in [-0.2, 0) is 6.54 Å². The molecule has 2 N–H and O–H groups in total. The van der Waals surface area contributed by atoms with Gasteiger partial charge in [-0.15, -0.1) is 11.3 Å². The molecule has 3 aromatic rings. The van der Waals surface area contributed by atoms with Crippen LogP contribution < -0.4 is 16.6 Å². The molecule has 7 heteroatoms. The molecule has 0 bridgehead atoms. The number of rotatable bonds is 4. The number of benzene rings is 1. The van der Waals surface area contributed by atoms with Gasteiger partial charge in [-0.05, 0) is 42.5 Å². The van der Waals surface area contributed by atoms with Gasteiger partial charge in [-0.2, -0.15) is 0 Å². The minimum absolute atomic E-state index is 0.0999. The number of hydrogen-bond acceptors (Lipinski definition) is 4. The molecular formula is C18H17N3O3S. The number of nitrogens with zero attached hydrogens (tertiary/aromatic N) is 1. The van der Waals surface area contributed by atoms with Gasteiger partial charge in [-0.25, -0.2) is 4.79 Å². The van der Waals surface area contributed by atoms with E-state index in [1.165, 1.54) is 11.3 Å². The third kappa shape index (κ3) is 3.46. The van der Waals surface area contributed by atoms with Gasteiger partial charge >= 0.3 is 5.69 Å². The van der Waals surface area contributed by atoms with Crippen molar-refractivity contribution < 1.29 is 4.79 Å². The Morgan fingerprint density at radius 1 is 1.20 bits per heavy atom. The number of nitrogens with one attached hydrogen (secondary N) is 2. The van der Waals surface area contributed by atoms with E-state index in [4.69, 9.17) is 0 Å². The summed E-state index contributed by atoms with van der Waals surface area (Å²) in [6.45, 7) is 3.97. The summed E-state index contributed by atoms with van der Waals surface area (Å²) < 4.78 is 1.03. The number of aryl methyl sites for hydroxylation is 1. The second-order valence-corrected chi connectivity index (χ2v) is 6.71. The van der Waals surface area contributed by atoms with E-state index in [2.05, 4.69) is 10.3 Å². The third-order valence-corrected chi connectivity index (χ3v) is 4.91. The molecule has 0 aliphatic rings. The standard InChI is InChI=1S/C18H17N3O3S/c1-11-5-3-7-15(12(11)2)20-16(22)14-9-19-18(24)21(17(14)23)10-13-6-4-8-25-13/h3-9H,10H2,1-2H3,(H,19,24)(H,20,22). The number of anilines is 1. The summed E-state index contributed by atoms with van der Waals surface area (Å²) in [4.78, 5) is 40.4. The van der Waals surface area contributed by atoms with Crippen LogP contribution in [0.15, 0.2) is 51.5 Å². The van der Waals surface area contributed by atoms with Crippen LogP contribution in [0.3, 0.4) is 0 Å². The summed E-state index contributed by atoms with van der Waals surface area (Å²) >= 11 is 1.44. The molecule has 1 amide bonds. The second-order valence-electron chi connectivity index (χ2n) is 5.68. The Morgan fingerprint density at radius 2 is 2.00 bits per heavy atom. The zero-order valence-electron chi connectivity index (χ0n) is 13.8. The van der Waals surface area contributed by atoms with Gasteiger partial charge in [0.25, 0.3) is 11.5 Å². The molecule has 2 heterocycles. The first kappa shape index (κ1) is 16.9. The minimum Gasteiger partial charge on any atom is -0.322 e. The topological polar surface area (TPSA) is 84.0 Å². The average Bonchev–Trinajstić information content (AvgIpc) is 3.09. The molecule has 0 atom stereocenters. The van der Waals surface area contributed by atoms with Gasteiger partial charge in [0.05, 0.1) is 6.54 Å². The maximum Gasteiger partial charge on any atom is 0.328 e. The van der Waals surface area contributed by atoms with Crippen molar-refractivity contribution in [3.05, 3.63) is 84.3 Å². The van der Waals surface area contributed by atoms with Crippen molar-refractivity contribution in [2.75, 3.05) is 5.32 Å². The molecule has 25 heavy (non-hydrogen) atoms. The summed E-state index contributed by atoms with van der Waals surface area (Å²) in [7, 11) is 0. The van der Waals surface area contributed by atoms with Gasteiger partial charge in [-0.3, -0.25) is 14.2 Å². The molecule has 0 saturated carbocycles. The zero-order valence-corrected chi connectivity index (χ0v) is 14.6. The molecule has 3 rings (SSSR count). The second kappa shape index (κ2) is 6.90. The highest BCUT2D eigenvalue weighted by molar-refractivity contribution is 7.09. The lowest BCUT2D eigenvalue weighted by atomic mass is 10.1. The lowest BCUT2D eigenvalue weighted by Gasteiger charge is -2.11. The molecule has 0 spiro atoms. The fourth-order valence-corrected chi connectivity index (χ4v) is 3.14. The van der Waals surface area contributed by atoms with Crippen LogP contribution in [0.4, 0.5) is 5.69 Å². The summed E-state index contributed by atoms with van der Waals surface area (Å²) in [6.07, 6.45) is 1.16. The Hall–Kier alpha value is -2.93. The molecule has 2 aromatic heterocycles. The summed E-state index contributed by atoms with van der Waals surface area (Å²) in [5, 5.41) is 4.61. The van der Waals surface area contributed by atoms with Gasteiger partial charge in [0.2, 0.25) is 0 Å². The van der Waals surface area contributed by atoms with Crippen molar-refractivity contribution in [3.63, 3.8) is 0 Å². The van der Waals surface area contributed by atoms with Crippen molar-refractivity contribution in [3.8, 4) is 0 Å². The number of aromatic amines is 1. The normalized spacial score (nSPS) is 10.6. The Bertz CT molecular complexity index is 1030. The number of carbonyl (C=O) groups is 1. The molecular weight excluding hydrogens is 338 g/mol. The average molecular weight is 355 g/mol. The van der Waals surface area contributed by atoms with E-state index in [-0.39, 0.29) is 12.1 Å². The van der Waals surface area contributed by atoms with E-state index in [1.54, 1.807) is 6.07 Å². The largest absolute Gasteiger partial charge is 0.328 e. The number of thiophene rings is 1. The Kier molecular flexibility index (Phi) is 4.67. The van der Waals surface area contributed by atoms with E-state index in [0.717, 1.165) is 26.8 Å². The number of H-pyrrole nitrogens is 1. The first-order valence-electron chi connectivity index (χ1n) is 7.70. The fourth-order valence-electron chi connectivity index (χ4n) is 2.45. The van der Waals surface area contributed by atoms with Crippen molar-refractivity contribution in [2.24, 2.45) is 0 Å². The highest BCUT2D eigenvalue weighted by Crippen LogP contribution is 2.18. The summed E-state index contributed by atoms with van der Waals surface area (Å²) in [5.74, 6) is -0.546. The molecule has 0 saturated heterocycles. The molecule has 1 aromatic carbocycles. The van der Waals surface area contributed by atoms with Crippen molar-refractivity contribution >= 4 is 22.9 Å². The summed E-state index contributed by atoms with van der Waals surface area (Å²) in [6, 6.07) is 9.23. The van der Waals surface area contributed by atoms with Gasteiger partial charge in [0.15, 0.2) is 0 Å². The quantitative estimate of drug-likeness (QED) is 0.754. The van der Waals surface area contributed by atoms with E-state index in [9.17, 15) is 14.4 Å². The predicted molar refractivity (Wildman–Crippen MR) is 98.6 cm³/mol. The van der Waals surface area contributed by atoms with Crippen LogP contribution in [0.25, 0.3) is 0 Å². The lowest BCUT2D eigenvalue weighted by molar-refractivity contribution is 0.102. The number of hydrogen-bond donors (Lipinski definition) is 2.